The number of nitrogens with zero attached hydrogens (tertiary/aromatic N) is 3. The van der Waals surface area contributed by atoms with Crippen molar-refractivity contribution in [1.82, 2.24) is 9.80 Å². The lowest BCUT2D eigenvalue weighted by Gasteiger charge is -2.40. The van der Waals surface area contributed by atoms with Crippen molar-refractivity contribution in [2.24, 2.45) is 0 Å². The number of halogens is 5. The number of aliphatic hydroxyl groups excluding tert-OH is 1. The van der Waals surface area contributed by atoms with Crippen LogP contribution in [0.25, 0.3) is 11.1 Å². The number of fused-ring (bicyclic) bond motifs is 1. The zero-order valence-electron chi connectivity index (χ0n) is 39.4. The van der Waals surface area contributed by atoms with Crippen molar-refractivity contribution in [2.45, 2.75) is 50.3 Å². The molecule has 6 nitrogen and oxygen atoms in total. The third-order valence-corrected chi connectivity index (χ3v) is 9.76. The number of benzene rings is 4. The summed E-state index contributed by atoms with van der Waals surface area (Å²) in [6.45, 7) is -1.72. The van der Waals surface area contributed by atoms with Crippen LogP contribution in [-0.4, -0.2) is 66.6 Å². The van der Waals surface area contributed by atoms with E-state index < -0.39 is 107 Å². The number of hydrogen-bond donors (Lipinski definition) is 1. The molecule has 2 aliphatic heterocycles. The minimum atomic E-state index is -4.54. The Labute approximate surface area is 326 Å². The third kappa shape index (κ3) is 9.29. The first-order chi connectivity index (χ1) is 29.7. The number of aliphatic hydroxyl groups is 1. The van der Waals surface area contributed by atoms with Crippen molar-refractivity contribution in [1.29, 1.82) is 0 Å². The topological polar surface area (TPSA) is 56.3 Å². The Kier molecular flexibility index (Phi) is 8.43. The Morgan fingerprint density at radius 3 is 2.43 bits per heavy atom. The molecule has 0 bridgehead atoms. The summed E-state index contributed by atoms with van der Waals surface area (Å²) >= 11 is -0.0391. The van der Waals surface area contributed by atoms with Gasteiger partial charge in [0.15, 0.2) is 11.6 Å². The summed E-state index contributed by atoms with van der Waals surface area (Å²) in [6, 6.07) is 9.94. The highest BCUT2D eigenvalue weighted by molar-refractivity contribution is 8.02. The van der Waals surface area contributed by atoms with Gasteiger partial charge in [0.25, 0.3) is 0 Å². The summed E-state index contributed by atoms with van der Waals surface area (Å²) in [4.78, 5) is 18.7. The largest absolute Gasteiger partial charge is 0.416 e. The van der Waals surface area contributed by atoms with Gasteiger partial charge in [-0.3, -0.25) is 4.79 Å². The van der Waals surface area contributed by atoms with E-state index in [2.05, 4.69) is 0 Å². The first-order valence-corrected chi connectivity index (χ1v) is 17.4. The van der Waals surface area contributed by atoms with E-state index in [-0.39, 0.29) is 49.9 Å². The lowest BCUT2D eigenvalue weighted by molar-refractivity contribution is -0.137. The van der Waals surface area contributed by atoms with Crippen molar-refractivity contribution in [3.8, 4) is 11.1 Å². The number of carbonyl (C=O) groups excluding carboxylic acids is 1. The zero-order chi connectivity index (χ0) is 47.3. The SMILES string of the molecule is [2H]C1=C(SC([2H])([2H])c2cccc(F)c2F)N(C([2H])([2H])C(=O)N(Cc2ccc(-c3ccc(C(F)(F)F)cc3)cc2)C2CCN(CCOC([2H])([2H])[2H])CC2)c2c([2H])c([2H])c(C)c([2H])c2C1O. The fourth-order valence-corrected chi connectivity index (χ4v) is 6.88. The first kappa shape index (κ1) is 26.5. The van der Waals surface area contributed by atoms with E-state index >= 15 is 9.18 Å². The maximum Gasteiger partial charge on any atom is 0.416 e. The van der Waals surface area contributed by atoms with E-state index in [1.165, 1.54) is 24.0 Å². The molecule has 6 rings (SSSR count). The average Bonchev–Trinajstić information content (AvgIpc) is 3.23. The van der Waals surface area contributed by atoms with Gasteiger partial charge in [0, 0.05) is 64.5 Å². The number of piperidine rings is 1. The van der Waals surface area contributed by atoms with E-state index in [1.807, 2.05) is 4.90 Å². The number of anilines is 1. The van der Waals surface area contributed by atoms with Crippen molar-refractivity contribution in [2.75, 3.05) is 44.7 Å². The van der Waals surface area contributed by atoms with Crippen LogP contribution < -0.4 is 4.90 Å². The molecular weight excluding hydrogens is 710 g/mol. The molecule has 0 spiro atoms. The molecule has 1 fully saturated rings. The van der Waals surface area contributed by atoms with Gasteiger partial charge in [0.2, 0.25) is 5.91 Å². The van der Waals surface area contributed by atoms with Gasteiger partial charge in [-0.25, -0.2) is 8.78 Å². The molecule has 53 heavy (non-hydrogen) atoms. The highest BCUT2D eigenvalue weighted by Gasteiger charge is 2.33. The number of ether oxygens (including phenoxy) is 1. The molecule has 1 amide bonds. The molecule has 0 aromatic heterocycles. The normalized spacial score (nSPS) is 20.7. The lowest BCUT2D eigenvalue weighted by atomic mass is 9.99. The number of methoxy groups -OCH3 is 1. The zero-order valence-corrected chi connectivity index (χ0v) is 29.2. The third-order valence-electron chi connectivity index (χ3n) is 8.94. The molecule has 0 radical (unpaired) electrons. The van der Waals surface area contributed by atoms with Gasteiger partial charge in [-0.2, -0.15) is 13.2 Å². The second kappa shape index (κ2) is 16.8. The molecule has 4 aromatic carbocycles. The molecule has 0 aliphatic carbocycles. The van der Waals surface area contributed by atoms with Crippen LogP contribution >= 0.6 is 11.8 Å². The molecule has 4 aromatic rings. The van der Waals surface area contributed by atoms with Crippen molar-refractivity contribution in [3.63, 3.8) is 0 Å². The Morgan fingerprint density at radius 2 is 1.75 bits per heavy atom. The molecule has 1 saturated heterocycles. The maximum absolute atomic E-state index is 15.2. The summed E-state index contributed by atoms with van der Waals surface area (Å²) in [7, 11) is -2.62. The number of amides is 1. The van der Waals surface area contributed by atoms with E-state index in [4.69, 9.17) is 17.1 Å². The molecular formula is C41H42F5N3O3S. The Bertz CT molecular complexity index is 2420. The summed E-state index contributed by atoms with van der Waals surface area (Å²) in [5.74, 6) is -4.31. The van der Waals surface area contributed by atoms with Gasteiger partial charge >= 0.3 is 6.18 Å². The highest BCUT2D eigenvalue weighted by atomic mass is 32.2. The van der Waals surface area contributed by atoms with Crippen LogP contribution in [0.5, 0.6) is 0 Å². The van der Waals surface area contributed by atoms with Gasteiger partial charge in [-0.05, 0) is 66.7 Å². The molecule has 1 atom stereocenters. The van der Waals surface area contributed by atoms with Crippen LogP contribution in [0.4, 0.5) is 27.6 Å². The summed E-state index contributed by atoms with van der Waals surface area (Å²) in [5.41, 5.74) is -4.63. The van der Waals surface area contributed by atoms with E-state index in [1.54, 1.807) is 24.3 Å². The van der Waals surface area contributed by atoms with Gasteiger partial charge in [0.05, 0.1) is 29.5 Å². The predicted molar refractivity (Wildman–Crippen MR) is 198 cm³/mol. The van der Waals surface area contributed by atoms with Crippen molar-refractivity contribution in [3.05, 3.63) is 135 Å². The van der Waals surface area contributed by atoms with Gasteiger partial charge < -0.3 is 24.5 Å². The predicted octanol–water partition coefficient (Wildman–Crippen LogP) is 8.73. The van der Waals surface area contributed by atoms with Crippen LogP contribution in [0.3, 0.4) is 0 Å². The molecule has 1 unspecified atom stereocenters. The summed E-state index contributed by atoms with van der Waals surface area (Å²) in [5, 5.41) is 10.7. The fourth-order valence-electron chi connectivity index (χ4n) is 6.12. The number of rotatable bonds is 12. The minimum absolute atomic E-state index is 0.0391. The Morgan fingerprint density at radius 1 is 1.06 bits per heavy atom. The minimum Gasteiger partial charge on any atom is -0.384 e. The number of thioether (sulfide) groups is 1. The fraction of sp³-hybridized carbons (Fsp3) is 0.341. The molecule has 0 saturated carbocycles. The van der Waals surface area contributed by atoms with E-state index in [9.17, 15) is 25.4 Å². The molecule has 2 aliphatic rings. The number of alkyl halides is 3. The number of hydrogen-bond acceptors (Lipinski definition) is 6. The van der Waals surface area contributed by atoms with Crippen LogP contribution in [0.1, 0.15) is 61.8 Å². The maximum atomic E-state index is 15.2. The van der Waals surface area contributed by atoms with Crippen LogP contribution in [0.15, 0.2) is 95.9 Å². The first-order valence-electron chi connectivity index (χ1n) is 22.1. The number of likely N-dealkylation sites (tertiary alicyclic amines) is 1. The number of carbonyl (C=O) groups is 1. The van der Waals surface area contributed by atoms with Gasteiger partial charge in [-0.15, -0.1) is 11.8 Å². The second-order valence-corrected chi connectivity index (χ2v) is 13.3. The Hall–Kier alpha value is -4.23. The van der Waals surface area contributed by atoms with Crippen molar-refractivity contribution < 1.29 is 51.7 Å². The van der Waals surface area contributed by atoms with Crippen LogP contribution in [-0.2, 0) is 28.0 Å². The second-order valence-electron chi connectivity index (χ2n) is 12.5. The van der Waals surface area contributed by atoms with Crippen LogP contribution in [0.2, 0.25) is 0 Å². The molecule has 12 heteroatoms. The lowest BCUT2D eigenvalue weighted by Crippen LogP contribution is -2.50. The van der Waals surface area contributed by atoms with Gasteiger partial charge in [-0.1, -0.05) is 66.2 Å². The molecule has 2 heterocycles. The highest BCUT2D eigenvalue weighted by Crippen LogP contribution is 2.41. The summed E-state index contributed by atoms with van der Waals surface area (Å²) in [6.07, 6.45) is -6.22. The smallest absolute Gasteiger partial charge is 0.384 e. The monoisotopic (exact) mass is 762 g/mol. The Balaban J connectivity index is 1.42. The van der Waals surface area contributed by atoms with Crippen molar-refractivity contribution >= 4 is 23.4 Å². The summed E-state index contributed by atoms with van der Waals surface area (Å²) < 4.78 is 168. The molecule has 280 valence electrons. The molecule has 1 N–H and O–H groups in total. The van der Waals surface area contributed by atoms with E-state index in [0.29, 0.717) is 34.7 Å². The quantitative estimate of drug-likeness (QED) is 0.146. The van der Waals surface area contributed by atoms with Gasteiger partial charge in [0.1, 0.15) is 12.6 Å². The van der Waals surface area contributed by atoms with Crippen LogP contribution in [0, 0.1) is 18.6 Å². The standard InChI is InChI=1S/C41H42F5N3O3S/c1-27-6-15-36-34(22-27)37(50)23-39(53-26-31-4-3-5-35(42)40(31)43)49(36)25-38(51)48(33-16-18-47(19-17-33)20-21-52-2)24-28-7-9-29(10-8-28)30-11-13-32(14-12-30)41(44,45)46/h3-15,22-23,33,37,50H,16-21,24-26H2,1-2H3/i2D3,6D,15D,22D,23D,25D2,26D2. The average molecular weight is 763 g/mol. The van der Waals surface area contributed by atoms with E-state index in [0.717, 1.165) is 30.3 Å².